The van der Waals surface area contributed by atoms with Gasteiger partial charge in [0.1, 0.15) is 5.82 Å². The molecule has 1 aromatic carbocycles. The molecule has 98 valence electrons. The van der Waals surface area contributed by atoms with Crippen LogP contribution in [0.1, 0.15) is 30.5 Å². The van der Waals surface area contributed by atoms with Crippen molar-refractivity contribution in [3.05, 3.63) is 35.1 Å². The highest BCUT2D eigenvalue weighted by Crippen LogP contribution is 2.26. The van der Waals surface area contributed by atoms with Crippen molar-refractivity contribution in [1.82, 2.24) is 10.2 Å². The summed E-state index contributed by atoms with van der Waals surface area (Å²) in [5.41, 5.74) is 1.48. The number of likely N-dealkylation sites (tertiary alicyclic amines) is 1. The quantitative estimate of drug-likeness (QED) is 0.890. The van der Waals surface area contributed by atoms with Gasteiger partial charge in [0.2, 0.25) is 5.91 Å². The van der Waals surface area contributed by atoms with Crippen LogP contribution in [0.5, 0.6) is 0 Å². The van der Waals surface area contributed by atoms with Gasteiger partial charge in [-0.15, -0.1) is 0 Å². The monoisotopic (exact) mass is 250 g/mol. The molecule has 0 bridgehead atoms. The molecule has 18 heavy (non-hydrogen) atoms. The molecule has 1 saturated heterocycles. The first-order valence-corrected chi connectivity index (χ1v) is 6.28. The number of nitrogens with zero attached hydrogens (tertiary/aromatic N) is 1. The van der Waals surface area contributed by atoms with Gasteiger partial charge in [-0.05, 0) is 44.5 Å². The third-order valence-electron chi connectivity index (χ3n) is 3.73. The van der Waals surface area contributed by atoms with E-state index in [1.54, 1.807) is 20.0 Å². The minimum absolute atomic E-state index is 0.0778. The zero-order valence-electron chi connectivity index (χ0n) is 11.0. The van der Waals surface area contributed by atoms with E-state index in [1.165, 1.54) is 6.07 Å². The second-order valence-electron chi connectivity index (χ2n) is 4.85. The van der Waals surface area contributed by atoms with Crippen molar-refractivity contribution in [3.8, 4) is 0 Å². The van der Waals surface area contributed by atoms with Crippen molar-refractivity contribution < 1.29 is 9.18 Å². The minimum atomic E-state index is -0.212. The fraction of sp³-hybridized carbons (Fsp3) is 0.500. The Labute approximate surface area is 107 Å². The van der Waals surface area contributed by atoms with E-state index in [4.69, 9.17) is 0 Å². The number of carbonyl (C=O) groups is 1. The fourth-order valence-corrected chi connectivity index (χ4v) is 2.40. The Kier molecular flexibility index (Phi) is 3.66. The third kappa shape index (κ3) is 2.25. The largest absolute Gasteiger partial charge is 0.335 e. The lowest BCUT2D eigenvalue weighted by Gasteiger charge is -2.25. The van der Waals surface area contributed by atoms with Crippen molar-refractivity contribution in [2.24, 2.45) is 0 Å². The van der Waals surface area contributed by atoms with Crippen LogP contribution in [0, 0.1) is 12.7 Å². The first-order chi connectivity index (χ1) is 8.54. The molecule has 1 heterocycles. The second-order valence-corrected chi connectivity index (χ2v) is 4.85. The lowest BCUT2D eigenvalue weighted by Crippen LogP contribution is -2.37. The number of hydrogen-bond donors (Lipinski definition) is 1. The summed E-state index contributed by atoms with van der Waals surface area (Å²) in [5.74, 6) is -0.109. The molecule has 1 aromatic rings. The van der Waals surface area contributed by atoms with Crippen LogP contribution in [-0.2, 0) is 4.79 Å². The number of likely N-dealkylation sites (N-methyl/N-ethyl adjacent to an activating group) is 1. The molecule has 2 unspecified atom stereocenters. The van der Waals surface area contributed by atoms with Crippen molar-refractivity contribution >= 4 is 5.91 Å². The molecule has 0 aromatic heterocycles. The van der Waals surface area contributed by atoms with Gasteiger partial charge in [-0.2, -0.15) is 0 Å². The number of aryl methyl sites for hydroxylation is 1. The van der Waals surface area contributed by atoms with Crippen molar-refractivity contribution in [2.45, 2.75) is 32.4 Å². The summed E-state index contributed by atoms with van der Waals surface area (Å²) >= 11 is 0. The molecule has 3 nitrogen and oxygen atoms in total. The van der Waals surface area contributed by atoms with Gasteiger partial charge in [-0.3, -0.25) is 4.79 Å². The molecule has 2 atom stereocenters. The molecule has 1 aliphatic rings. The van der Waals surface area contributed by atoms with Crippen LogP contribution in [-0.4, -0.2) is 30.4 Å². The number of benzene rings is 1. The topological polar surface area (TPSA) is 32.3 Å². The molecule has 0 saturated carbocycles. The Balaban J connectivity index is 2.19. The van der Waals surface area contributed by atoms with Crippen LogP contribution in [0.4, 0.5) is 4.39 Å². The number of rotatable bonds is 3. The summed E-state index contributed by atoms with van der Waals surface area (Å²) in [6.07, 6.45) is 0.814. The molecule has 1 amide bonds. The molecular formula is C14H19FN2O. The maximum atomic E-state index is 13.6. The van der Waals surface area contributed by atoms with E-state index in [9.17, 15) is 9.18 Å². The Morgan fingerprint density at radius 3 is 2.78 bits per heavy atom. The van der Waals surface area contributed by atoms with Gasteiger partial charge in [-0.1, -0.05) is 12.1 Å². The van der Waals surface area contributed by atoms with Crippen molar-refractivity contribution in [2.75, 3.05) is 13.6 Å². The molecule has 1 aliphatic heterocycles. The van der Waals surface area contributed by atoms with E-state index in [-0.39, 0.29) is 23.8 Å². The van der Waals surface area contributed by atoms with Gasteiger partial charge in [-0.25, -0.2) is 4.39 Å². The van der Waals surface area contributed by atoms with E-state index in [1.807, 2.05) is 17.9 Å². The first kappa shape index (κ1) is 13.0. The number of amides is 1. The zero-order chi connectivity index (χ0) is 13.3. The summed E-state index contributed by atoms with van der Waals surface area (Å²) in [5, 5.41) is 3.01. The Bertz CT molecular complexity index is 461. The highest BCUT2D eigenvalue weighted by atomic mass is 19.1. The molecule has 1 N–H and O–H groups in total. The van der Waals surface area contributed by atoms with Crippen molar-refractivity contribution in [3.63, 3.8) is 0 Å². The molecule has 4 heteroatoms. The van der Waals surface area contributed by atoms with E-state index in [0.717, 1.165) is 18.5 Å². The van der Waals surface area contributed by atoms with Crippen LogP contribution in [0.25, 0.3) is 0 Å². The van der Waals surface area contributed by atoms with Gasteiger partial charge in [0.05, 0.1) is 12.1 Å². The van der Waals surface area contributed by atoms with Crippen molar-refractivity contribution in [1.29, 1.82) is 0 Å². The normalized spacial score (nSPS) is 21.4. The number of nitrogens with one attached hydrogen (secondary N) is 1. The summed E-state index contributed by atoms with van der Waals surface area (Å²) in [6, 6.07) is 5.01. The summed E-state index contributed by atoms with van der Waals surface area (Å²) in [6.45, 7) is 4.41. The molecule has 2 rings (SSSR count). The summed E-state index contributed by atoms with van der Waals surface area (Å²) < 4.78 is 13.6. The number of hydrogen-bond acceptors (Lipinski definition) is 2. The van der Waals surface area contributed by atoms with E-state index in [2.05, 4.69) is 5.32 Å². The average molecular weight is 250 g/mol. The molecule has 1 fully saturated rings. The standard InChI is InChI=1S/C14H19FN2O/c1-9-4-5-11(8-12(9)15)10(2)17-7-6-13(16-3)14(17)18/h4-5,8,10,13,16H,6-7H2,1-3H3. The van der Waals surface area contributed by atoms with Gasteiger partial charge < -0.3 is 10.2 Å². The van der Waals surface area contributed by atoms with Gasteiger partial charge in [0, 0.05) is 6.54 Å². The van der Waals surface area contributed by atoms with E-state index >= 15 is 0 Å². The zero-order valence-corrected chi connectivity index (χ0v) is 11.0. The number of carbonyl (C=O) groups excluding carboxylic acids is 1. The second kappa shape index (κ2) is 5.06. The van der Waals surface area contributed by atoms with Crippen LogP contribution in [0.2, 0.25) is 0 Å². The first-order valence-electron chi connectivity index (χ1n) is 6.28. The molecule has 0 spiro atoms. The SMILES string of the molecule is CNC1CCN(C(C)c2ccc(C)c(F)c2)C1=O. The van der Waals surface area contributed by atoms with E-state index in [0.29, 0.717) is 5.56 Å². The average Bonchev–Trinajstić information content (AvgIpc) is 2.73. The molecule has 0 aliphatic carbocycles. The summed E-state index contributed by atoms with van der Waals surface area (Å²) in [4.78, 5) is 13.9. The van der Waals surface area contributed by atoms with E-state index < -0.39 is 0 Å². The smallest absolute Gasteiger partial charge is 0.240 e. The van der Waals surface area contributed by atoms with Crippen LogP contribution in [0.15, 0.2) is 18.2 Å². The van der Waals surface area contributed by atoms with Crippen LogP contribution >= 0.6 is 0 Å². The Morgan fingerprint density at radius 1 is 1.50 bits per heavy atom. The number of halogens is 1. The predicted octanol–water partition coefficient (Wildman–Crippen LogP) is 2.02. The highest BCUT2D eigenvalue weighted by molar-refractivity contribution is 5.84. The van der Waals surface area contributed by atoms with Gasteiger partial charge in [0.25, 0.3) is 0 Å². The fourth-order valence-electron chi connectivity index (χ4n) is 2.40. The van der Waals surface area contributed by atoms with Gasteiger partial charge >= 0.3 is 0 Å². The lowest BCUT2D eigenvalue weighted by atomic mass is 10.0. The minimum Gasteiger partial charge on any atom is -0.335 e. The molecule has 0 radical (unpaired) electrons. The lowest BCUT2D eigenvalue weighted by molar-refractivity contribution is -0.131. The van der Waals surface area contributed by atoms with Crippen LogP contribution < -0.4 is 5.32 Å². The Hall–Kier alpha value is -1.42. The van der Waals surface area contributed by atoms with Gasteiger partial charge in [0.15, 0.2) is 0 Å². The predicted molar refractivity (Wildman–Crippen MR) is 68.7 cm³/mol. The third-order valence-corrected chi connectivity index (χ3v) is 3.73. The Morgan fingerprint density at radius 2 is 2.22 bits per heavy atom. The maximum absolute atomic E-state index is 13.6. The summed E-state index contributed by atoms with van der Waals surface area (Å²) in [7, 11) is 1.79. The molecular weight excluding hydrogens is 231 g/mol. The highest BCUT2D eigenvalue weighted by Gasteiger charge is 2.33. The maximum Gasteiger partial charge on any atom is 0.240 e. The van der Waals surface area contributed by atoms with Crippen LogP contribution in [0.3, 0.4) is 0 Å².